The summed E-state index contributed by atoms with van der Waals surface area (Å²) in [4.78, 5) is 53.8. The number of hydrogen-bond donors (Lipinski definition) is 5. The Bertz CT molecular complexity index is 1110. The normalized spacial score (nSPS) is 30.6. The van der Waals surface area contributed by atoms with Gasteiger partial charge in [-0.15, -0.1) is 0 Å². The van der Waals surface area contributed by atoms with Crippen LogP contribution in [0.1, 0.15) is 60.3 Å². The Morgan fingerprint density at radius 2 is 1.79 bits per heavy atom. The van der Waals surface area contributed by atoms with Crippen molar-refractivity contribution < 1.29 is 37.3 Å². The van der Waals surface area contributed by atoms with E-state index in [-0.39, 0.29) is 47.3 Å². The summed E-state index contributed by atoms with van der Waals surface area (Å²) in [7, 11) is -4.95. The average Bonchev–Trinajstić information content (AvgIpc) is 3.60. The first-order chi connectivity index (χ1) is 17.4. The summed E-state index contributed by atoms with van der Waals surface area (Å²) in [5.74, 6) is -2.40. The Hall–Kier alpha value is -2.25. The number of carbonyl (C=O) groups excluding carboxylic acids is 4. The molecule has 0 aromatic carbocycles. The minimum absolute atomic E-state index is 0.0163. The molecule has 12 nitrogen and oxygen atoms in total. The van der Waals surface area contributed by atoms with Crippen molar-refractivity contribution in [3.63, 3.8) is 0 Å². The van der Waals surface area contributed by atoms with Crippen molar-refractivity contribution in [1.29, 1.82) is 0 Å². The number of nitrogens with one attached hydrogen (secondary N) is 3. The molecule has 0 aromatic rings. The summed E-state index contributed by atoms with van der Waals surface area (Å²) >= 11 is 0. The van der Waals surface area contributed by atoms with Crippen LogP contribution in [0.4, 0.5) is 0 Å². The number of aliphatic hydroxyl groups is 1. The van der Waals surface area contributed by atoms with Gasteiger partial charge in [0, 0.05) is 24.4 Å². The molecule has 4 aliphatic rings. The Kier molecular flexibility index (Phi) is 7.37. The number of carbonyl (C=O) groups is 4. The Balaban J connectivity index is 1.56. The molecule has 0 aromatic heterocycles. The molecule has 2 saturated heterocycles. The van der Waals surface area contributed by atoms with Crippen LogP contribution in [0, 0.1) is 34.5 Å². The van der Waals surface area contributed by atoms with Gasteiger partial charge in [0.05, 0.1) is 6.04 Å². The number of amides is 4. The van der Waals surface area contributed by atoms with Crippen LogP contribution in [0.3, 0.4) is 0 Å². The van der Waals surface area contributed by atoms with Crippen LogP contribution < -0.4 is 16.0 Å². The lowest BCUT2D eigenvalue weighted by atomic mass is 9.94. The van der Waals surface area contributed by atoms with Crippen molar-refractivity contribution in [3.8, 4) is 0 Å². The number of piperidine rings is 1. The molecule has 1 unspecified atom stereocenters. The van der Waals surface area contributed by atoms with Gasteiger partial charge in [-0.3, -0.25) is 23.7 Å². The highest BCUT2D eigenvalue weighted by Crippen LogP contribution is 2.65. The Morgan fingerprint density at radius 3 is 2.29 bits per heavy atom. The van der Waals surface area contributed by atoms with Crippen LogP contribution >= 0.6 is 0 Å². The fourth-order valence-electron chi connectivity index (χ4n) is 6.06. The molecular formula is C25H40N4O8S. The smallest absolute Gasteiger partial charge is 0.294 e. The van der Waals surface area contributed by atoms with Crippen LogP contribution in [0.2, 0.25) is 0 Å². The minimum Gasteiger partial charge on any atom is -0.374 e. The first-order valence-electron chi connectivity index (χ1n) is 13.3. The fraction of sp³-hybridized carbons (Fsp3) is 0.840. The van der Waals surface area contributed by atoms with Gasteiger partial charge in [-0.1, -0.05) is 34.6 Å². The minimum atomic E-state index is -4.95. The number of fused-ring (bicyclic) bond motifs is 1. The van der Waals surface area contributed by atoms with Crippen molar-refractivity contribution in [2.24, 2.45) is 34.5 Å². The highest BCUT2D eigenvalue weighted by molar-refractivity contribution is 7.86. The summed E-state index contributed by atoms with van der Waals surface area (Å²) < 4.78 is 33.1. The summed E-state index contributed by atoms with van der Waals surface area (Å²) in [5, 5.41) is 18.4. The lowest BCUT2D eigenvalue weighted by Crippen LogP contribution is -2.59. The summed E-state index contributed by atoms with van der Waals surface area (Å²) in [5.41, 5.74) is -3.27. The predicted molar refractivity (Wildman–Crippen MR) is 136 cm³/mol. The molecule has 214 valence electrons. The van der Waals surface area contributed by atoms with E-state index < -0.39 is 50.9 Å². The zero-order valence-electron chi connectivity index (χ0n) is 22.6. The van der Waals surface area contributed by atoms with Crippen molar-refractivity contribution >= 4 is 33.7 Å². The first-order valence-corrected chi connectivity index (χ1v) is 14.8. The molecule has 0 radical (unpaired) electrons. The number of nitrogens with zero attached hydrogens (tertiary/aromatic N) is 1. The second kappa shape index (κ2) is 9.74. The maximum atomic E-state index is 13.8. The van der Waals surface area contributed by atoms with Gasteiger partial charge >= 0.3 is 0 Å². The topological polar surface area (TPSA) is 182 Å². The zero-order valence-corrected chi connectivity index (χ0v) is 23.4. The molecule has 13 heteroatoms. The van der Waals surface area contributed by atoms with Crippen LogP contribution in [0.25, 0.3) is 0 Å². The Labute approximate surface area is 223 Å². The second-order valence-electron chi connectivity index (χ2n) is 13.0. The third kappa shape index (κ3) is 5.55. The van der Waals surface area contributed by atoms with E-state index in [0.29, 0.717) is 19.5 Å². The van der Waals surface area contributed by atoms with E-state index in [1.807, 2.05) is 13.8 Å². The molecule has 7 atom stereocenters. The molecule has 4 rings (SSSR count). The van der Waals surface area contributed by atoms with Crippen LogP contribution in [-0.2, 0) is 29.3 Å². The molecule has 5 N–H and O–H groups in total. The number of aliphatic hydroxyl groups excluding tert-OH is 1. The van der Waals surface area contributed by atoms with Gasteiger partial charge in [-0.2, -0.15) is 8.42 Å². The zero-order chi connectivity index (χ0) is 28.4. The molecule has 4 amide bonds. The van der Waals surface area contributed by atoms with Crippen molar-refractivity contribution in [1.82, 2.24) is 20.9 Å². The highest BCUT2D eigenvalue weighted by Gasteiger charge is 2.70. The molecule has 38 heavy (non-hydrogen) atoms. The van der Waals surface area contributed by atoms with Gasteiger partial charge < -0.3 is 26.0 Å². The van der Waals surface area contributed by atoms with E-state index in [1.165, 1.54) is 4.90 Å². The maximum Gasteiger partial charge on any atom is 0.294 e. The van der Waals surface area contributed by atoms with Crippen molar-refractivity contribution in [2.45, 2.75) is 83.9 Å². The molecule has 0 bridgehead atoms. The van der Waals surface area contributed by atoms with E-state index in [4.69, 9.17) is 0 Å². The van der Waals surface area contributed by atoms with Gasteiger partial charge in [0.1, 0.15) is 12.1 Å². The van der Waals surface area contributed by atoms with E-state index in [0.717, 1.165) is 12.8 Å². The first kappa shape index (κ1) is 28.8. The van der Waals surface area contributed by atoms with Crippen LogP contribution in [0.15, 0.2) is 0 Å². The quantitative estimate of drug-likeness (QED) is 0.238. The molecule has 2 aliphatic heterocycles. The van der Waals surface area contributed by atoms with Gasteiger partial charge in [-0.05, 0) is 48.9 Å². The number of hydrogen-bond acceptors (Lipinski definition) is 7. The van der Waals surface area contributed by atoms with E-state index in [9.17, 15) is 37.3 Å². The molecule has 0 spiro atoms. The van der Waals surface area contributed by atoms with Gasteiger partial charge in [0.15, 0.2) is 0 Å². The third-order valence-corrected chi connectivity index (χ3v) is 9.70. The molecular weight excluding hydrogens is 516 g/mol. The summed E-state index contributed by atoms with van der Waals surface area (Å²) in [6, 6.07) is -3.16. The number of rotatable bonds is 9. The number of likely N-dealkylation sites (tertiary alicyclic amines) is 1. The molecule has 2 aliphatic carbocycles. The van der Waals surface area contributed by atoms with Crippen LogP contribution in [-0.4, -0.2) is 83.3 Å². The summed E-state index contributed by atoms with van der Waals surface area (Å²) in [6.07, 6.45) is 1.78. The lowest BCUT2D eigenvalue weighted by Gasteiger charge is -2.35. The lowest BCUT2D eigenvalue weighted by molar-refractivity contribution is -0.145. The standard InChI is InChI=1S/C25H40N4O8S/c1-24(2,3)23(34)28-17(12-6-7-12)21(32)29-11-14-16(25(14,4)5)18(29)20(31)27-15(22(33)38(35,36)37)10-13-8-9-26-19(13)30/h12-18,22,33H,6-11H2,1-5H3,(H,26,30)(H,27,31)(H,28,34)(H,35,36,37)/t13-,14-,15-,16-,17-,18-,22?/m0/s1. The van der Waals surface area contributed by atoms with E-state index in [2.05, 4.69) is 16.0 Å². The SMILES string of the molecule is CC(C)(C)C(=O)N[C@H](C(=O)N1C[C@H]2[C@@H]([C@H]1C(=O)N[C@@H](C[C@@H]1CCNC1=O)C(O)S(=O)(=O)O)C2(C)C)C1CC1. The van der Waals surface area contributed by atoms with Gasteiger partial charge in [0.2, 0.25) is 29.1 Å². The fourth-order valence-corrected chi connectivity index (χ4v) is 6.65. The monoisotopic (exact) mass is 556 g/mol. The van der Waals surface area contributed by atoms with Crippen LogP contribution in [0.5, 0.6) is 0 Å². The third-order valence-electron chi connectivity index (χ3n) is 8.77. The van der Waals surface area contributed by atoms with Gasteiger partial charge in [-0.25, -0.2) is 0 Å². The molecule has 4 fully saturated rings. The largest absolute Gasteiger partial charge is 0.374 e. The molecule has 2 heterocycles. The Morgan fingerprint density at radius 1 is 1.16 bits per heavy atom. The van der Waals surface area contributed by atoms with Crippen molar-refractivity contribution in [2.75, 3.05) is 13.1 Å². The van der Waals surface area contributed by atoms with E-state index >= 15 is 0 Å². The average molecular weight is 557 g/mol. The highest BCUT2D eigenvalue weighted by atomic mass is 32.2. The van der Waals surface area contributed by atoms with E-state index in [1.54, 1.807) is 20.8 Å². The predicted octanol–water partition coefficient (Wildman–Crippen LogP) is -0.372. The molecule has 2 saturated carbocycles. The maximum absolute atomic E-state index is 13.8. The van der Waals surface area contributed by atoms with Gasteiger partial charge in [0.25, 0.3) is 10.1 Å². The van der Waals surface area contributed by atoms with Crippen molar-refractivity contribution in [3.05, 3.63) is 0 Å². The summed E-state index contributed by atoms with van der Waals surface area (Å²) in [6.45, 7) is 9.97. The second-order valence-corrected chi connectivity index (χ2v) is 14.5.